The molecule has 0 bridgehead atoms. The standard InChI is InChI=1S/C11H20N2OS/c1-3-9-5-4-8(2)13(9)11(14)10-6-15-7-12-10/h8-10,12H,3-7H2,1-2H3. The van der Waals surface area contributed by atoms with Gasteiger partial charge in [-0.25, -0.2) is 0 Å². The summed E-state index contributed by atoms with van der Waals surface area (Å²) in [5.41, 5.74) is 0. The van der Waals surface area contributed by atoms with Crippen molar-refractivity contribution < 1.29 is 4.79 Å². The fraction of sp³-hybridized carbons (Fsp3) is 0.909. The summed E-state index contributed by atoms with van der Waals surface area (Å²) >= 11 is 1.82. The van der Waals surface area contributed by atoms with E-state index in [1.54, 1.807) is 0 Å². The number of hydrogen-bond acceptors (Lipinski definition) is 3. The lowest BCUT2D eigenvalue weighted by Gasteiger charge is -2.30. The van der Waals surface area contributed by atoms with Crippen LogP contribution in [0.15, 0.2) is 0 Å². The van der Waals surface area contributed by atoms with Gasteiger partial charge in [0.25, 0.3) is 0 Å². The predicted octanol–water partition coefficient (Wildman–Crippen LogP) is 1.44. The van der Waals surface area contributed by atoms with Crippen molar-refractivity contribution in [2.45, 2.75) is 51.2 Å². The van der Waals surface area contributed by atoms with E-state index < -0.39 is 0 Å². The van der Waals surface area contributed by atoms with Crippen LogP contribution in [-0.2, 0) is 4.79 Å². The van der Waals surface area contributed by atoms with Crippen LogP contribution in [0, 0.1) is 0 Å². The molecule has 4 heteroatoms. The SMILES string of the molecule is CCC1CCC(C)N1C(=O)C1CSCN1. The number of carbonyl (C=O) groups is 1. The first kappa shape index (κ1) is 11.3. The third-order valence-corrected chi connectivity index (χ3v) is 4.47. The molecular weight excluding hydrogens is 208 g/mol. The molecular formula is C11H20N2OS. The number of amides is 1. The van der Waals surface area contributed by atoms with E-state index in [1.165, 1.54) is 12.8 Å². The van der Waals surface area contributed by atoms with Crippen molar-refractivity contribution in [1.82, 2.24) is 10.2 Å². The highest BCUT2D eigenvalue weighted by Crippen LogP contribution is 2.27. The summed E-state index contributed by atoms with van der Waals surface area (Å²) in [6.45, 7) is 4.36. The average Bonchev–Trinajstić information content (AvgIpc) is 2.85. The van der Waals surface area contributed by atoms with Gasteiger partial charge >= 0.3 is 0 Å². The maximum atomic E-state index is 12.3. The molecule has 0 aromatic rings. The van der Waals surface area contributed by atoms with Gasteiger partial charge in [-0.15, -0.1) is 11.8 Å². The topological polar surface area (TPSA) is 32.3 Å². The monoisotopic (exact) mass is 228 g/mol. The summed E-state index contributed by atoms with van der Waals surface area (Å²) < 4.78 is 0. The highest BCUT2D eigenvalue weighted by atomic mass is 32.2. The number of nitrogens with one attached hydrogen (secondary N) is 1. The van der Waals surface area contributed by atoms with Gasteiger partial charge in [0, 0.05) is 23.7 Å². The van der Waals surface area contributed by atoms with Gasteiger partial charge in [0.1, 0.15) is 0 Å². The average molecular weight is 228 g/mol. The van der Waals surface area contributed by atoms with Crippen LogP contribution in [0.5, 0.6) is 0 Å². The Balaban J connectivity index is 2.03. The molecule has 2 aliphatic heterocycles. The van der Waals surface area contributed by atoms with Crippen LogP contribution in [0.3, 0.4) is 0 Å². The number of nitrogens with zero attached hydrogens (tertiary/aromatic N) is 1. The highest BCUT2D eigenvalue weighted by molar-refractivity contribution is 7.99. The molecule has 1 amide bonds. The number of hydrogen-bond donors (Lipinski definition) is 1. The Morgan fingerprint density at radius 1 is 1.53 bits per heavy atom. The molecule has 2 aliphatic rings. The highest BCUT2D eigenvalue weighted by Gasteiger charge is 2.37. The Morgan fingerprint density at radius 3 is 2.93 bits per heavy atom. The van der Waals surface area contributed by atoms with Crippen LogP contribution in [-0.4, -0.2) is 40.6 Å². The molecule has 0 aromatic heterocycles. The lowest BCUT2D eigenvalue weighted by molar-refractivity contribution is -0.135. The summed E-state index contributed by atoms with van der Waals surface area (Å²) in [5.74, 6) is 2.20. The van der Waals surface area contributed by atoms with E-state index in [2.05, 4.69) is 24.1 Å². The van der Waals surface area contributed by atoms with Crippen molar-refractivity contribution in [2.24, 2.45) is 0 Å². The second-order valence-electron chi connectivity index (χ2n) is 4.51. The molecule has 0 radical (unpaired) electrons. The number of likely N-dealkylation sites (tertiary alicyclic amines) is 1. The first-order chi connectivity index (χ1) is 7.24. The Labute approximate surface area is 96.0 Å². The molecule has 0 aliphatic carbocycles. The van der Waals surface area contributed by atoms with Gasteiger partial charge in [-0.1, -0.05) is 6.92 Å². The molecule has 1 N–H and O–H groups in total. The smallest absolute Gasteiger partial charge is 0.241 e. The van der Waals surface area contributed by atoms with E-state index in [4.69, 9.17) is 0 Å². The third kappa shape index (κ3) is 2.16. The summed E-state index contributed by atoms with van der Waals surface area (Å²) in [6, 6.07) is 0.999. The zero-order chi connectivity index (χ0) is 10.8. The van der Waals surface area contributed by atoms with Crippen LogP contribution in [0.1, 0.15) is 33.1 Å². The van der Waals surface area contributed by atoms with Gasteiger partial charge in [-0.3, -0.25) is 10.1 Å². The van der Waals surface area contributed by atoms with Crippen molar-refractivity contribution in [1.29, 1.82) is 0 Å². The predicted molar refractivity (Wildman–Crippen MR) is 63.9 cm³/mol. The van der Waals surface area contributed by atoms with Crippen molar-refractivity contribution in [2.75, 3.05) is 11.6 Å². The van der Waals surface area contributed by atoms with E-state index in [0.717, 1.165) is 18.1 Å². The van der Waals surface area contributed by atoms with E-state index in [1.807, 2.05) is 11.8 Å². The number of rotatable bonds is 2. The van der Waals surface area contributed by atoms with Crippen LogP contribution in [0.4, 0.5) is 0 Å². The largest absolute Gasteiger partial charge is 0.336 e. The lowest BCUT2D eigenvalue weighted by Crippen LogP contribution is -2.49. The molecule has 3 unspecified atom stereocenters. The summed E-state index contributed by atoms with van der Waals surface area (Å²) in [4.78, 5) is 14.4. The van der Waals surface area contributed by atoms with Gasteiger partial charge in [-0.05, 0) is 26.2 Å². The van der Waals surface area contributed by atoms with Crippen molar-refractivity contribution in [3.05, 3.63) is 0 Å². The first-order valence-electron chi connectivity index (χ1n) is 5.87. The van der Waals surface area contributed by atoms with Crippen LogP contribution in [0.2, 0.25) is 0 Å². The minimum Gasteiger partial charge on any atom is -0.336 e. The van der Waals surface area contributed by atoms with Crippen LogP contribution < -0.4 is 5.32 Å². The Bertz CT molecular complexity index is 241. The Morgan fingerprint density at radius 2 is 2.33 bits per heavy atom. The van der Waals surface area contributed by atoms with Gasteiger partial charge in [0.05, 0.1) is 6.04 Å². The molecule has 0 saturated carbocycles. The zero-order valence-corrected chi connectivity index (χ0v) is 10.3. The van der Waals surface area contributed by atoms with Gasteiger partial charge in [-0.2, -0.15) is 0 Å². The molecule has 2 saturated heterocycles. The quantitative estimate of drug-likeness (QED) is 0.776. The molecule has 3 atom stereocenters. The molecule has 86 valence electrons. The number of thioether (sulfide) groups is 1. The molecule has 2 heterocycles. The van der Waals surface area contributed by atoms with Gasteiger partial charge < -0.3 is 4.90 Å². The molecule has 0 spiro atoms. The molecule has 0 aromatic carbocycles. The normalized spacial score (nSPS) is 36.1. The fourth-order valence-corrected chi connectivity index (χ4v) is 3.54. The van der Waals surface area contributed by atoms with Crippen LogP contribution >= 0.6 is 11.8 Å². The van der Waals surface area contributed by atoms with Crippen LogP contribution in [0.25, 0.3) is 0 Å². The van der Waals surface area contributed by atoms with Crippen molar-refractivity contribution >= 4 is 17.7 Å². The Kier molecular flexibility index (Phi) is 3.57. The second kappa shape index (κ2) is 4.74. The van der Waals surface area contributed by atoms with Crippen molar-refractivity contribution in [3.63, 3.8) is 0 Å². The molecule has 2 fully saturated rings. The maximum absolute atomic E-state index is 12.3. The van der Waals surface area contributed by atoms with E-state index in [9.17, 15) is 4.79 Å². The molecule has 15 heavy (non-hydrogen) atoms. The Hall–Kier alpha value is -0.220. The summed E-state index contributed by atoms with van der Waals surface area (Å²) in [7, 11) is 0. The molecule has 3 nitrogen and oxygen atoms in total. The van der Waals surface area contributed by atoms with Crippen molar-refractivity contribution in [3.8, 4) is 0 Å². The van der Waals surface area contributed by atoms with E-state index in [0.29, 0.717) is 18.0 Å². The first-order valence-corrected chi connectivity index (χ1v) is 7.02. The van der Waals surface area contributed by atoms with Gasteiger partial charge in [0.15, 0.2) is 0 Å². The van der Waals surface area contributed by atoms with Gasteiger partial charge in [0.2, 0.25) is 5.91 Å². The molecule has 2 rings (SSSR count). The zero-order valence-electron chi connectivity index (χ0n) is 9.53. The minimum absolute atomic E-state index is 0.0737. The third-order valence-electron chi connectivity index (χ3n) is 3.53. The van der Waals surface area contributed by atoms with E-state index >= 15 is 0 Å². The lowest BCUT2D eigenvalue weighted by atomic mass is 10.1. The van der Waals surface area contributed by atoms with E-state index in [-0.39, 0.29) is 6.04 Å². The second-order valence-corrected chi connectivity index (χ2v) is 5.54. The summed E-state index contributed by atoms with van der Waals surface area (Å²) in [5, 5.41) is 3.27. The maximum Gasteiger partial charge on any atom is 0.241 e. The minimum atomic E-state index is 0.0737. The summed E-state index contributed by atoms with van der Waals surface area (Å²) in [6.07, 6.45) is 3.45. The number of carbonyl (C=O) groups excluding carboxylic acids is 1. The fourth-order valence-electron chi connectivity index (χ4n) is 2.60.